The van der Waals surface area contributed by atoms with E-state index in [2.05, 4.69) is 131 Å². The van der Waals surface area contributed by atoms with Crippen LogP contribution in [0.2, 0.25) is 0 Å². The maximum absolute atomic E-state index is 6.67. The topological polar surface area (TPSA) is 27.7 Å². The summed E-state index contributed by atoms with van der Waals surface area (Å²) in [6, 6.07) is 37.2. The van der Waals surface area contributed by atoms with E-state index in [1.807, 2.05) is 0 Å². The normalized spacial score (nSPS) is 21.3. The van der Waals surface area contributed by atoms with E-state index in [1.165, 1.54) is 38.6 Å². The molecule has 4 heteroatoms. The molecule has 1 fully saturated rings. The molecule has 1 spiro atoms. The summed E-state index contributed by atoms with van der Waals surface area (Å²) in [5, 5.41) is 2.49. The number of hydrogen-bond acceptors (Lipinski definition) is 3. The lowest BCUT2D eigenvalue weighted by Gasteiger charge is -2.39. The Morgan fingerprint density at radius 1 is 0.513 bits per heavy atom. The zero-order valence-corrected chi connectivity index (χ0v) is 22.6. The van der Waals surface area contributed by atoms with Crippen molar-refractivity contribution in [1.29, 1.82) is 0 Å². The van der Waals surface area contributed by atoms with Gasteiger partial charge in [-0.2, -0.15) is 0 Å². The van der Waals surface area contributed by atoms with Crippen LogP contribution in [0.25, 0.3) is 21.9 Å². The lowest BCUT2D eigenvalue weighted by Crippen LogP contribution is -2.41. The second-order valence-corrected chi connectivity index (χ2v) is 12.0. The van der Waals surface area contributed by atoms with Crippen LogP contribution < -0.4 is 10.2 Å². The van der Waals surface area contributed by atoms with Crippen LogP contribution in [0.4, 0.5) is 0 Å². The van der Waals surface area contributed by atoms with Gasteiger partial charge in [0.25, 0.3) is 0 Å². The Kier molecular flexibility index (Phi) is 4.51. The lowest BCUT2D eigenvalue weighted by atomic mass is 9.65. The van der Waals surface area contributed by atoms with Crippen LogP contribution in [0.1, 0.15) is 49.9 Å². The summed E-state index contributed by atoms with van der Waals surface area (Å²) in [4.78, 5) is 0. The highest BCUT2D eigenvalue weighted by Crippen LogP contribution is 2.62. The van der Waals surface area contributed by atoms with Crippen LogP contribution in [-0.4, -0.2) is 18.3 Å². The van der Waals surface area contributed by atoms with E-state index in [0.717, 1.165) is 22.5 Å². The average molecular weight is 508 g/mol. The zero-order valence-electron chi connectivity index (χ0n) is 22.6. The lowest BCUT2D eigenvalue weighted by molar-refractivity contribution is 0.00578. The molecule has 1 aliphatic carbocycles. The highest BCUT2D eigenvalue weighted by Gasteiger charge is 2.54. The Morgan fingerprint density at radius 2 is 1.13 bits per heavy atom. The molecule has 8 rings (SSSR count). The van der Waals surface area contributed by atoms with Gasteiger partial charge < -0.3 is 14.0 Å². The van der Waals surface area contributed by atoms with E-state index in [4.69, 9.17) is 14.0 Å². The molecule has 2 heterocycles. The minimum Gasteiger partial charge on any atom is -0.457 e. The van der Waals surface area contributed by atoms with Gasteiger partial charge in [0.05, 0.1) is 16.6 Å². The third-order valence-electron chi connectivity index (χ3n) is 9.36. The second kappa shape index (κ2) is 7.62. The number of ether oxygens (including phenoxy) is 1. The van der Waals surface area contributed by atoms with E-state index in [0.29, 0.717) is 0 Å². The first-order valence-electron chi connectivity index (χ1n) is 13.7. The largest absolute Gasteiger partial charge is 0.494 e. The molecule has 0 aromatic heterocycles. The summed E-state index contributed by atoms with van der Waals surface area (Å²) in [5.74, 6) is 1.73. The predicted molar refractivity (Wildman–Crippen MR) is 157 cm³/mol. The Bertz CT molecular complexity index is 1800. The fourth-order valence-corrected chi connectivity index (χ4v) is 6.73. The summed E-state index contributed by atoms with van der Waals surface area (Å²) in [5.41, 5.74) is 7.10. The van der Waals surface area contributed by atoms with E-state index < -0.39 is 23.7 Å². The summed E-state index contributed by atoms with van der Waals surface area (Å²) in [6.07, 6.45) is 0. The van der Waals surface area contributed by atoms with Gasteiger partial charge in [0, 0.05) is 11.1 Å². The molecule has 0 amide bonds. The van der Waals surface area contributed by atoms with Crippen LogP contribution in [-0.2, 0) is 14.7 Å². The first-order valence-corrected chi connectivity index (χ1v) is 13.7. The van der Waals surface area contributed by atoms with Crippen molar-refractivity contribution in [2.75, 3.05) is 0 Å². The maximum Gasteiger partial charge on any atom is 0.494 e. The van der Waals surface area contributed by atoms with Crippen molar-refractivity contribution in [3.63, 3.8) is 0 Å². The summed E-state index contributed by atoms with van der Waals surface area (Å²) in [7, 11) is -0.455. The van der Waals surface area contributed by atoms with E-state index in [-0.39, 0.29) is 0 Å². The van der Waals surface area contributed by atoms with Crippen molar-refractivity contribution in [1.82, 2.24) is 0 Å². The summed E-state index contributed by atoms with van der Waals surface area (Å²) < 4.78 is 19.5. The molecule has 39 heavy (non-hydrogen) atoms. The molecule has 5 aromatic rings. The Hall–Kier alpha value is -3.86. The number of benzene rings is 5. The zero-order chi connectivity index (χ0) is 26.6. The highest BCUT2D eigenvalue weighted by atomic mass is 16.7. The van der Waals surface area contributed by atoms with Gasteiger partial charge >= 0.3 is 7.12 Å². The fourth-order valence-electron chi connectivity index (χ4n) is 6.73. The van der Waals surface area contributed by atoms with Gasteiger partial charge in [-0.15, -0.1) is 0 Å². The molecule has 1 saturated heterocycles. The Labute approximate surface area is 229 Å². The standard InChI is InChI=1S/C35H29BO3/c1-33(2)34(3,4)39-36(38-33)24-17-18-29-32(21-24)37-31-16-10-9-15-28(31)35(29)27-14-8-7-13-25(27)26-19-22-11-5-6-12-23(22)20-30(26)35/h5-21H,1-4H3. The first kappa shape index (κ1) is 23.1. The van der Waals surface area contributed by atoms with Crippen LogP contribution in [0.5, 0.6) is 11.5 Å². The molecule has 3 nitrogen and oxygen atoms in total. The molecular weight excluding hydrogens is 479 g/mol. The molecule has 0 radical (unpaired) electrons. The summed E-state index contributed by atoms with van der Waals surface area (Å²) in [6.45, 7) is 8.35. The van der Waals surface area contributed by atoms with Gasteiger partial charge in [0.2, 0.25) is 0 Å². The first-order chi connectivity index (χ1) is 18.8. The average Bonchev–Trinajstić information content (AvgIpc) is 3.34. The van der Waals surface area contributed by atoms with E-state index in [1.54, 1.807) is 0 Å². The third kappa shape index (κ3) is 2.96. The molecule has 3 aliphatic rings. The third-order valence-corrected chi connectivity index (χ3v) is 9.36. The predicted octanol–water partition coefficient (Wildman–Crippen LogP) is 7.61. The molecule has 1 unspecified atom stereocenters. The SMILES string of the molecule is CC1(C)OB(c2ccc3c(c2)Oc2ccccc2C32c3ccccc3-c3cc4ccccc4cc32)OC1(C)C. The quantitative estimate of drug-likeness (QED) is 0.214. The summed E-state index contributed by atoms with van der Waals surface area (Å²) >= 11 is 0. The molecule has 1 atom stereocenters. The molecule has 0 bridgehead atoms. The van der Waals surface area contributed by atoms with Crippen LogP contribution in [0.3, 0.4) is 0 Å². The van der Waals surface area contributed by atoms with Gasteiger partial charge in [-0.25, -0.2) is 0 Å². The molecule has 5 aromatic carbocycles. The highest BCUT2D eigenvalue weighted by molar-refractivity contribution is 6.62. The molecule has 2 aliphatic heterocycles. The number of hydrogen-bond donors (Lipinski definition) is 0. The van der Waals surface area contributed by atoms with Gasteiger partial charge in [-0.05, 0) is 90.4 Å². The molecule has 190 valence electrons. The Morgan fingerprint density at radius 3 is 1.90 bits per heavy atom. The Balaban J connectivity index is 1.42. The van der Waals surface area contributed by atoms with Crippen molar-refractivity contribution in [2.24, 2.45) is 0 Å². The molecule has 0 N–H and O–H groups in total. The molecular formula is C35H29BO3. The van der Waals surface area contributed by atoms with Crippen LogP contribution in [0, 0.1) is 0 Å². The van der Waals surface area contributed by atoms with E-state index in [9.17, 15) is 0 Å². The van der Waals surface area contributed by atoms with E-state index >= 15 is 0 Å². The number of fused-ring (bicyclic) bond motifs is 10. The fraction of sp³-hybridized carbons (Fsp3) is 0.200. The van der Waals surface area contributed by atoms with Gasteiger partial charge in [0.1, 0.15) is 11.5 Å². The molecule has 0 saturated carbocycles. The van der Waals surface area contributed by atoms with Crippen LogP contribution >= 0.6 is 0 Å². The van der Waals surface area contributed by atoms with Crippen molar-refractivity contribution in [3.8, 4) is 22.6 Å². The number of rotatable bonds is 1. The second-order valence-electron chi connectivity index (χ2n) is 12.0. The number of para-hydroxylation sites is 1. The minimum absolute atomic E-state index is 0.410. The van der Waals surface area contributed by atoms with Crippen molar-refractivity contribution in [2.45, 2.75) is 44.3 Å². The van der Waals surface area contributed by atoms with Gasteiger partial charge in [0.15, 0.2) is 0 Å². The van der Waals surface area contributed by atoms with Crippen LogP contribution in [0.15, 0.2) is 103 Å². The van der Waals surface area contributed by atoms with Gasteiger partial charge in [-0.1, -0.05) is 78.9 Å². The van der Waals surface area contributed by atoms with Crippen molar-refractivity contribution >= 4 is 23.4 Å². The minimum atomic E-state index is -0.491. The van der Waals surface area contributed by atoms with Crippen molar-refractivity contribution < 1.29 is 14.0 Å². The monoisotopic (exact) mass is 508 g/mol. The van der Waals surface area contributed by atoms with Crippen molar-refractivity contribution in [3.05, 3.63) is 125 Å². The van der Waals surface area contributed by atoms with Gasteiger partial charge in [-0.3, -0.25) is 0 Å². The maximum atomic E-state index is 6.67. The smallest absolute Gasteiger partial charge is 0.457 e.